The lowest BCUT2D eigenvalue weighted by Crippen LogP contribution is -2.24. The number of rotatable bonds is 4. The van der Waals surface area contributed by atoms with Gasteiger partial charge in [-0.2, -0.15) is 0 Å². The Balaban J connectivity index is 1.61. The molecule has 1 saturated carbocycles. The van der Waals surface area contributed by atoms with Gasteiger partial charge in [-0.1, -0.05) is 30.3 Å². The van der Waals surface area contributed by atoms with Crippen molar-refractivity contribution in [3.63, 3.8) is 0 Å². The largest absolute Gasteiger partial charge is 0.465 e. The molecule has 0 spiro atoms. The minimum Gasteiger partial charge on any atom is -0.465 e. The summed E-state index contributed by atoms with van der Waals surface area (Å²) in [5.41, 5.74) is 2.41. The van der Waals surface area contributed by atoms with Gasteiger partial charge in [-0.05, 0) is 36.2 Å². The predicted molar refractivity (Wildman–Crippen MR) is 83.1 cm³/mol. The van der Waals surface area contributed by atoms with E-state index in [4.69, 9.17) is 5.11 Å². The van der Waals surface area contributed by atoms with Crippen LogP contribution in [-0.2, 0) is 0 Å². The third-order valence-corrected chi connectivity index (χ3v) is 3.73. The molecule has 0 unspecified atom stereocenters. The van der Waals surface area contributed by atoms with E-state index in [0.29, 0.717) is 5.56 Å². The Labute approximate surface area is 128 Å². The van der Waals surface area contributed by atoms with Gasteiger partial charge in [0, 0.05) is 23.2 Å². The van der Waals surface area contributed by atoms with E-state index in [0.717, 1.165) is 17.7 Å². The summed E-state index contributed by atoms with van der Waals surface area (Å²) in [6, 6.07) is 16.6. The first-order chi connectivity index (χ1) is 10.6. The second kappa shape index (κ2) is 5.89. The number of hydrogen-bond donors (Lipinski definition) is 3. The molecule has 1 aliphatic carbocycles. The van der Waals surface area contributed by atoms with Crippen LogP contribution < -0.4 is 10.6 Å². The molecule has 5 nitrogen and oxygen atoms in total. The monoisotopic (exact) mass is 296 g/mol. The first-order valence-corrected chi connectivity index (χ1v) is 7.09. The van der Waals surface area contributed by atoms with Crippen molar-refractivity contribution in [2.24, 2.45) is 0 Å². The Kier molecular flexibility index (Phi) is 3.78. The summed E-state index contributed by atoms with van der Waals surface area (Å²) >= 11 is 0. The molecule has 22 heavy (non-hydrogen) atoms. The van der Waals surface area contributed by atoms with Crippen LogP contribution in [0.2, 0.25) is 0 Å². The van der Waals surface area contributed by atoms with Crippen molar-refractivity contribution in [1.82, 2.24) is 5.32 Å². The molecule has 3 N–H and O–H groups in total. The Morgan fingerprint density at radius 2 is 1.68 bits per heavy atom. The summed E-state index contributed by atoms with van der Waals surface area (Å²) in [5.74, 6) is 0.0835. The van der Waals surface area contributed by atoms with E-state index < -0.39 is 6.09 Å². The van der Waals surface area contributed by atoms with Crippen molar-refractivity contribution >= 4 is 17.7 Å². The summed E-state index contributed by atoms with van der Waals surface area (Å²) in [7, 11) is 0. The molecular formula is C17H16N2O3. The predicted octanol–water partition coefficient (Wildman–Crippen LogP) is 3.06. The van der Waals surface area contributed by atoms with E-state index in [1.807, 2.05) is 42.5 Å². The van der Waals surface area contributed by atoms with Crippen LogP contribution in [0.3, 0.4) is 0 Å². The third kappa shape index (κ3) is 3.25. The Bertz CT molecular complexity index is 683. The number of amides is 2. The van der Waals surface area contributed by atoms with Gasteiger partial charge in [0.25, 0.3) is 5.91 Å². The summed E-state index contributed by atoms with van der Waals surface area (Å²) < 4.78 is 0. The highest BCUT2D eigenvalue weighted by Crippen LogP contribution is 2.40. The van der Waals surface area contributed by atoms with Gasteiger partial charge < -0.3 is 15.7 Å². The van der Waals surface area contributed by atoms with Crippen LogP contribution in [0.25, 0.3) is 0 Å². The Morgan fingerprint density at radius 1 is 1.00 bits per heavy atom. The first-order valence-electron chi connectivity index (χ1n) is 7.09. The molecule has 2 aromatic carbocycles. The number of anilines is 1. The maximum absolute atomic E-state index is 12.0. The van der Waals surface area contributed by atoms with Crippen molar-refractivity contribution in [3.8, 4) is 0 Å². The fourth-order valence-electron chi connectivity index (χ4n) is 2.49. The lowest BCUT2D eigenvalue weighted by Gasteiger charge is -2.07. The van der Waals surface area contributed by atoms with Crippen LogP contribution in [0.5, 0.6) is 0 Å². The zero-order chi connectivity index (χ0) is 15.5. The molecule has 2 aromatic rings. The lowest BCUT2D eigenvalue weighted by molar-refractivity contribution is 0.102. The van der Waals surface area contributed by atoms with Crippen LogP contribution >= 0.6 is 0 Å². The molecular weight excluding hydrogens is 280 g/mol. The quantitative estimate of drug-likeness (QED) is 0.811. The van der Waals surface area contributed by atoms with Crippen molar-refractivity contribution < 1.29 is 14.7 Å². The molecule has 0 heterocycles. The fourth-order valence-corrected chi connectivity index (χ4v) is 2.49. The minimum atomic E-state index is -0.987. The number of benzene rings is 2. The fraction of sp³-hybridized carbons (Fsp3) is 0.176. The molecule has 5 heteroatoms. The van der Waals surface area contributed by atoms with E-state index in [-0.39, 0.29) is 17.9 Å². The van der Waals surface area contributed by atoms with Gasteiger partial charge >= 0.3 is 6.09 Å². The molecule has 2 amide bonds. The molecule has 0 aromatic heterocycles. The number of carboxylic acid groups (broad SMARTS) is 1. The molecule has 2 atom stereocenters. The molecule has 0 radical (unpaired) electrons. The summed E-state index contributed by atoms with van der Waals surface area (Å²) in [5, 5.41) is 14.0. The van der Waals surface area contributed by atoms with Gasteiger partial charge in [-0.15, -0.1) is 0 Å². The van der Waals surface area contributed by atoms with E-state index in [1.165, 1.54) is 0 Å². The SMILES string of the molecule is O=C(O)N[C@@H]1C[C@H]1c1ccc(NC(=O)c2ccccc2)cc1. The second-order valence-electron chi connectivity index (χ2n) is 5.34. The summed E-state index contributed by atoms with van der Waals surface area (Å²) in [6.45, 7) is 0. The highest BCUT2D eigenvalue weighted by Gasteiger charge is 2.39. The summed E-state index contributed by atoms with van der Waals surface area (Å²) in [4.78, 5) is 22.6. The lowest BCUT2D eigenvalue weighted by atomic mass is 10.1. The smallest absolute Gasteiger partial charge is 0.404 e. The number of hydrogen-bond acceptors (Lipinski definition) is 2. The van der Waals surface area contributed by atoms with E-state index in [2.05, 4.69) is 10.6 Å². The number of carbonyl (C=O) groups excluding carboxylic acids is 1. The molecule has 0 bridgehead atoms. The summed E-state index contributed by atoms with van der Waals surface area (Å²) in [6.07, 6.45) is -0.165. The number of carbonyl (C=O) groups is 2. The van der Waals surface area contributed by atoms with Crippen molar-refractivity contribution in [2.45, 2.75) is 18.4 Å². The van der Waals surface area contributed by atoms with Gasteiger partial charge in [-0.3, -0.25) is 4.79 Å². The first kappa shape index (κ1) is 14.1. The Hall–Kier alpha value is -2.82. The van der Waals surface area contributed by atoms with Crippen LogP contribution in [-0.4, -0.2) is 23.1 Å². The van der Waals surface area contributed by atoms with Crippen LogP contribution in [0, 0.1) is 0 Å². The molecule has 0 aliphatic heterocycles. The molecule has 112 valence electrons. The van der Waals surface area contributed by atoms with E-state index in [1.54, 1.807) is 12.1 Å². The molecule has 0 saturated heterocycles. The maximum atomic E-state index is 12.0. The molecule has 1 fully saturated rings. The maximum Gasteiger partial charge on any atom is 0.404 e. The van der Waals surface area contributed by atoms with Gasteiger partial charge in [0.15, 0.2) is 0 Å². The molecule has 1 aliphatic rings. The molecule has 3 rings (SSSR count). The minimum absolute atomic E-state index is 0.00209. The average molecular weight is 296 g/mol. The van der Waals surface area contributed by atoms with E-state index >= 15 is 0 Å². The van der Waals surface area contributed by atoms with Crippen LogP contribution in [0.15, 0.2) is 54.6 Å². The van der Waals surface area contributed by atoms with Crippen LogP contribution in [0.1, 0.15) is 28.3 Å². The van der Waals surface area contributed by atoms with Crippen molar-refractivity contribution in [3.05, 3.63) is 65.7 Å². The number of nitrogens with one attached hydrogen (secondary N) is 2. The standard InChI is InChI=1S/C17H16N2O3/c20-16(12-4-2-1-3-5-12)18-13-8-6-11(7-9-13)14-10-15(14)19-17(21)22/h1-9,14-15,19H,10H2,(H,18,20)(H,21,22)/t14-,15+/m0/s1. The normalized spacial score (nSPS) is 19.3. The second-order valence-corrected chi connectivity index (χ2v) is 5.34. The Morgan fingerprint density at radius 3 is 2.32 bits per heavy atom. The highest BCUT2D eigenvalue weighted by molar-refractivity contribution is 6.04. The van der Waals surface area contributed by atoms with Gasteiger partial charge in [0.05, 0.1) is 0 Å². The van der Waals surface area contributed by atoms with Gasteiger partial charge in [0.1, 0.15) is 0 Å². The van der Waals surface area contributed by atoms with Crippen molar-refractivity contribution in [2.75, 3.05) is 5.32 Å². The van der Waals surface area contributed by atoms with Crippen LogP contribution in [0.4, 0.5) is 10.5 Å². The van der Waals surface area contributed by atoms with Gasteiger partial charge in [-0.25, -0.2) is 4.79 Å². The highest BCUT2D eigenvalue weighted by atomic mass is 16.4. The topological polar surface area (TPSA) is 78.4 Å². The third-order valence-electron chi connectivity index (χ3n) is 3.73. The van der Waals surface area contributed by atoms with Crippen molar-refractivity contribution in [1.29, 1.82) is 0 Å². The van der Waals surface area contributed by atoms with Gasteiger partial charge in [0.2, 0.25) is 0 Å². The van der Waals surface area contributed by atoms with E-state index in [9.17, 15) is 9.59 Å². The average Bonchev–Trinajstić information content (AvgIpc) is 3.27. The zero-order valence-corrected chi connectivity index (χ0v) is 11.8. The zero-order valence-electron chi connectivity index (χ0n) is 11.8.